The molecular formula is C14H30N2. The van der Waals surface area contributed by atoms with Gasteiger partial charge in [-0.15, -0.1) is 0 Å². The molecule has 0 unspecified atom stereocenters. The van der Waals surface area contributed by atoms with Crippen molar-refractivity contribution in [2.45, 2.75) is 77.3 Å². The molecule has 1 saturated heterocycles. The van der Waals surface area contributed by atoms with Crippen molar-refractivity contribution >= 4 is 0 Å². The topological polar surface area (TPSA) is 29.3 Å². The molecule has 0 aromatic carbocycles. The number of nitrogens with two attached hydrogens (primary N) is 1. The maximum atomic E-state index is 6.06. The van der Waals surface area contributed by atoms with Crippen LogP contribution in [0.25, 0.3) is 0 Å². The van der Waals surface area contributed by atoms with E-state index in [2.05, 4.69) is 25.7 Å². The third kappa shape index (κ3) is 4.42. The molecule has 2 heteroatoms. The van der Waals surface area contributed by atoms with Crippen LogP contribution in [0.4, 0.5) is 0 Å². The van der Waals surface area contributed by atoms with Crippen LogP contribution in [0, 0.1) is 0 Å². The molecule has 16 heavy (non-hydrogen) atoms. The minimum Gasteiger partial charge on any atom is -0.327 e. The summed E-state index contributed by atoms with van der Waals surface area (Å²) in [4.78, 5) is 2.60. The van der Waals surface area contributed by atoms with Crippen LogP contribution < -0.4 is 5.73 Å². The van der Waals surface area contributed by atoms with Crippen molar-refractivity contribution < 1.29 is 0 Å². The zero-order chi connectivity index (χ0) is 12.0. The molecule has 1 rings (SSSR count). The van der Waals surface area contributed by atoms with E-state index in [9.17, 15) is 0 Å². The van der Waals surface area contributed by atoms with Gasteiger partial charge in [-0.05, 0) is 39.7 Å². The molecule has 1 heterocycles. The fraction of sp³-hybridized carbons (Fsp3) is 1.00. The largest absolute Gasteiger partial charge is 0.327 e. The highest BCUT2D eigenvalue weighted by Crippen LogP contribution is 2.25. The SMILES string of the molecule is CCCCCCC(C)(C)N1CCC[C@@H](N)C1. The summed E-state index contributed by atoms with van der Waals surface area (Å²) in [7, 11) is 0. The summed E-state index contributed by atoms with van der Waals surface area (Å²) in [5.74, 6) is 0. The Bertz CT molecular complexity index is 189. The van der Waals surface area contributed by atoms with Crippen molar-refractivity contribution in [2.75, 3.05) is 13.1 Å². The van der Waals surface area contributed by atoms with Crippen LogP contribution in [-0.4, -0.2) is 29.6 Å². The molecule has 96 valence electrons. The van der Waals surface area contributed by atoms with Crippen molar-refractivity contribution in [1.29, 1.82) is 0 Å². The second-order valence-electron chi connectivity index (χ2n) is 5.97. The van der Waals surface area contributed by atoms with Gasteiger partial charge in [0, 0.05) is 18.1 Å². The predicted molar refractivity (Wildman–Crippen MR) is 71.6 cm³/mol. The number of unbranched alkanes of at least 4 members (excludes halogenated alkanes) is 3. The lowest BCUT2D eigenvalue weighted by Gasteiger charge is -2.43. The second-order valence-corrected chi connectivity index (χ2v) is 5.97. The zero-order valence-corrected chi connectivity index (χ0v) is 11.5. The quantitative estimate of drug-likeness (QED) is 0.705. The van der Waals surface area contributed by atoms with Crippen molar-refractivity contribution in [3.8, 4) is 0 Å². The summed E-state index contributed by atoms with van der Waals surface area (Å²) in [6.45, 7) is 9.39. The Balaban J connectivity index is 2.30. The summed E-state index contributed by atoms with van der Waals surface area (Å²) >= 11 is 0. The van der Waals surface area contributed by atoms with E-state index < -0.39 is 0 Å². The summed E-state index contributed by atoms with van der Waals surface area (Å²) in [6.07, 6.45) is 9.28. The van der Waals surface area contributed by atoms with Crippen molar-refractivity contribution in [3.63, 3.8) is 0 Å². The van der Waals surface area contributed by atoms with E-state index in [1.807, 2.05) is 0 Å². The van der Waals surface area contributed by atoms with Crippen LogP contribution in [0.15, 0.2) is 0 Å². The zero-order valence-electron chi connectivity index (χ0n) is 11.5. The van der Waals surface area contributed by atoms with Gasteiger partial charge in [0.25, 0.3) is 0 Å². The Morgan fingerprint density at radius 1 is 1.25 bits per heavy atom. The molecule has 0 aromatic rings. The van der Waals surface area contributed by atoms with E-state index >= 15 is 0 Å². The van der Waals surface area contributed by atoms with Gasteiger partial charge in [0.1, 0.15) is 0 Å². The number of rotatable bonds is 6. The number of hydrogen-bond donors (Lipinski definition) is 1. The molecule has 0 aromatic heterocycles. The molecule has 0 amide bonds. The average molecular weight is 226 g/mol. The lowest BCUT2D eigenvalue weighted by Crippen LogP contribution is -2.52. The minimum absolute atomic E-state index is 0.353. The molecule has 1 aliphatic heterocycles. The monoisotopic (exact) mass is 226 g/mol. The first-order valence-electron chi connectivity index (χ1n) is 7.07. The number of hydrogen-bond acceptors (Lipinski definition) is 2. The number of nitrogens with zero attached hydrogens (tertiary/aromatic N) is 1. The predicted octanol–water partition coefficient (Wildman–Crippen LogP) is 3.16. The first-order chi connectivity index (χ1) is 7.56. The van der Waals surface area contributed by atoms with Gasteiger partial charge in [-0.25, -0.2) is 0 Å². The summed E-state index contributed by atoms with van der Waals surface area (Å²) in [5, 5.41) is 0. The van der Waals surface area contributed by atoms with Gasteiger partial charge in [0.2, 0.25) is 0 Å². The number of likely N-dealkylation sites (tertiary alicyclic amines) is 1. The van der Waals surface area contributed by atoms with E-state index in [1.54, 1.807) is 0 Å². The van der Waals surface area contributed by atoms with Crippen molar-refractivity contribution in [2.24, 2.45) is 5.73 Å². The Kier molecular flexibility index (Phi) is 5.77. The highest BCUT2D eigenvalue weighted by molar-refractivity contribution is 4.87. The van der Waals surface area contributed by atoms with E-state index in [0.717, 1.165) is 6.54 Å². The first kappa shape index (κ1) is 14.0. The molecule has 1 atom stereocenters. The van der Waals surface area contributed by atoms with E-state index in [0.29, 0.717) is 11.6 Å². The molecule has 2 N–H and O–H groups in total. The fourth-order valence-corrected chi connectivity index (χ4v) is 2.70. The molecule has 2 nitrogen and oxygen atoms in total. The van der Waals surface area contributed by atoms with Gasteiger partial charge >= 0.3 is 0 Å². The summed E-state index contributed by atoms with van der Waals surface area (Å²) in [6, 6.07) is 0.406. The average Bonchev–Trinajstić information content (AvgIpc) is 2.24. The molecule has 0 saturated carbocycles. The molecule has 1 fully saturated rings. The molecule has 0 spiro atoms. The normalized spacial score (nSPS) is 23.6. The van der Waals surface area contributed by atoms with Gasteiger partial charge in [-0.1, -0.05) is 32.6 Å². The Morgan fingerprint density at radius 3 is 2.62 bits per heavy atom. The van der Waals surface area contributed by atoms with Crippen LogP contribution in [-0.2, 0) is 0 Å². The Hall–Kier alpha value is -0.0800. The lowest BCUT2D eigenvalue weighted by molar-refractivity contribution is 0.0765. The van der Waals surface area contributed by atoms with Crippen LogP contribution in [0.5, 0.6) is 0 Å². The van der Waals surface area contributed by atoms with E-state index in [-0.39, 0.29) is 0 Å². The smallest absolute Gasteiger partial charge is 0.0168 e. The maximum absolute atomic E-state index is 6.06. The van der Waals surface area contributed by atoms with Crippen molar-refractivity contribution in [3.05, 3.63) is 0 Å². The summed E-state index contributed by atoms with van der Waals surface area (Å²) < 4.78 is 0. The molecule has 0 aliphatic carbocycles. The van der Waals surface area contributed by atoms with Crippen LogP contribution >= 0.6 is 0 Å². The molecule has 0 bridgehead atoms. The molecule has 0 radical (unpaired) electrons. The van der Waals surface area contributed by atoms with Gasteiger partial charge in [-0.2, -0.15) is 0 Å². The van der Waals surface area contributed by atoms with Gasteiger partial charge in [-0.3, -0.25) is 4.90 Å². The van der Waals surface area contributed by atoms with E-state index in [4.69, 9.17) is 5.73 Å². The lowest BCUT2D eigenvalue weighted by atomic mass is 9.91. The summed E-state index contributed by atoms with van der Waals surface area (Å²) in [5.41, 5.74) is 6.41. The minimum atomic E-state index is 0.353. The second kappa shape index (κ2) is 6.61. The maximum Gasteiger partial charge on any atom is 0.0168 e. The Labute approximate surface area is 102 Å². The van der Waals surface area contributed by atoms with E-state index in [1.165, 1.54) is 51.5 Å². The number of piperidine rings is 1. The first-order valence-corrected chi connectivity index (χ1v) is 7.07. The molecular weight excluding hydrogens is 196 g/mol. The van der Waals surface area contributed by atoms with Gasteiger partial charge in [0.15, 0.2) is 0 Å². The van der Waals surface area contributed by atoms with Crippen LogP contribution in [0.1, 0.15) is 65.7 Å². The fourth-order valence-electron chi connectivity index (χ4n) is 2.70. The van der Waals surface area contributed by atoms with Crippen LogP contribution in [0.3, 0.4) is 0 Å². The van der Waals surface area contributed by atoms with Gasteiger partial charge < -0.3 is 5.73 Å². The highest BCUT2D eigenvalue weighted by atomic mass is 15.2. The third-order valence-corrected chi connectivity index (χ3v) is 3.96. The standard InChI is InChI=1S/C14H30N2/c1-4-5-6-7-10-14(2,3)16-11-8-9-13(15)12-16/h13H,4-12,15H2,1-3H3/t13-/m1/s1. The van der Waals surface area contributed by atoms with Crippen LogP contribution in [0.2, 0.25) is 0 Å². The molecule has 1 aliphatic rings. The Morgan fingerprint density at radius 2 is 2.00 bits per heavy atom. The highest BCUT2D eigenvalue weighted by Gasteiger charge is 2.29. The van der Waals surface area contributed by atoms with Crippen molar-refractivity contribution in [1.82, 2.24) is 4.90 Å². The third-order valence-electron chi connectivity index (χ3n) is 3.96. The van der Waals surface area contributed by atoms with Gasteiger partial charge in [0.05, 0.1) is 0 Å².